The Morgan fingerprint density at radius 1 is 1.15 bits per heavy atom. The van der Waals surface area contributed by atoms with Gasteiger partial charge in [-0.1, -0.05) is 79.2 Å². The fraction of sp³-hybridized carbons (Fsp3) is 0.300. The lowest BCUT2D eigenvalue weighted by atomic mass is 10.0. The summed E-state index contributed by atoms with van der Waals surface area (Å²) in [6.45, 7) is 7.30. The van der Waals surface area contributed by atoms with Gasteiger partial charge in [0.1, 0.15) is 15.7 Å². The van der Waals surface area contributed by atoms with Crippen molar-refractivity contribution in [3.63, 3.8) is 0 Å². The molecule has 1 aliphatic heterocycles. The number of aromatic nitrogens is 2. The molecule has 1 aliphatic rings. The molecule has 0 saturated carbocycles. The summed E-state index contributed by atoms with van der Waals surface area (Å²) in [6, 6.07) is 19.8. The van der Waals surface area contributed by atoms with Gasteiger partial charge in [0, 0.05) is 29.1 Å². The Bertz CT molecular complexity index is 1510. The Hall–Kier alpha value is -3.64. The molecule has 41 heavy (non-hydrogen) atoms. The summed E-state index contributed by atoms with van der Waals surface area (Å²) in [6.07, 6.45) is 1.69. The molecular weight excluding hydrogens is 560 g/mol. The standard InChI is InChI=1S/C30H34N4O5S2/c1-5-31-30(36)33-41(38-19-39-41)29-25(16-24(40-29)15-20(2)3)22-13-11-21(12-14-22)17-34-26(18-35)28(37-4)32-27(34)23-9-7-6-8-10-23/h6-14,16,18,20H,5,15,17,19H2,1-4H3,(H2,31,33,36). The van der Waals surface area contributed by atoms with Crippen molar-refractivity contribution in [3.8, 4) is 28.4 Å². The number of carbonyl (C=O) groups excluding carboxylic acids is 2. The van der Waals surface area contributed by atoms with E-state index >= 15 is 0 Å². The van der Waals surface area contributed by atoms with E-state index in [0.717, 1.165) is 39.2 Å². The number of amides is 2. The van der Waals surface area contributed by atoms with Gasteiger partial charge in [0.25, 0.3) is 0 Å². The zero-order chi connectivity index (χ0) is 29.0. The van der Waals surface area contributed by atoms with E-state index in [1.54, 1.807) is 11.3 Å². The van der Waals surface area contributed by atoms with Crippen molar-refractivity contribution in [1.29, 1.82) is 0 Å². The minimum absolute atomic E-state index is 0.134. The van der Waals surface area contributed by atoms with Gasteiger partial charge in [-0.15, -0.1) is 11.3 Å². The second-order valence-electron chi connectivity index (χ2n) is 9.93. The number of thiophene rings is 1. The molecule has 0 bridgehead atoms. The fourth-order valence-corrected chi connectivity index (χ4v) is 8.44. The SMILES string of the molecule is CCNC(=O)NS1(c2sc(CC(C)C)cc2-c2ccc(Cn3c(-c4ccccc4)nc(OC)c3C=O)cc2)OCO1. The fourth-order valence-electron chi connectivity index (χ4n) is 4.65. The lowest BCUT2D eigenvalue weighted by Crippen LogP contribution is -2.42. The van der Waals surface area contributed by atoms with Crippen LogP contribution < -0.4 is 14.8 Å². The van der Waals surface area contributed by atoms with Gasteiger partial charge < -0.3 is 14.6 Å². The van der Waals surface area contributed by atoms with E-state index in [1.165, 1.54) is 12.0 Å². The van der Waals surface area contributed by atoms with E-state index in [4.69, 9.17) is 13.1 Å². The topological polar surface area (TPSA) is 104 Å². The maximum absolute atomic E-state index is 12.5. The van der Waals surface area contributed by atoms with E-state index in [2.05, 4.69) is 47.1 Å². The number of benzene rings is 2. The number of aldehydes is 1. The van der Waals surface area contributed by atoms with Gasteiger partial charge in [0.05, 0.1) is 7.11 Å². The molecule has 11 heteroatoms. The van der Waals surface area contributed by atoms with Crippen LogP contribution in [0.15, 0.2) is 64.9 Å². The summed E-state index contributed by atoms with van der Waals surface area (Å²) in [7, 11) is -0.889. The Kier molecular flexibility index (Phi) is 8.79. The number of carbonyl (C=O) groups is 2. The summed E-state index contributed by atoms with van der Waals surface area (Å²) in [5.41, 5.74) is 4.24. The Balaban J connectivity index is 1.49. The zero-order valence-electron chi connectivity index (χ0n) is 23.5. The maximum atomic E-state index is 12.5. The van der Waals surface area contributed by atoms with Gasteiger partial charge in [-0.25, -0.2) is 17.9 Å². The number of hydrogen-bond donors (Lipinski definition) is 2. The maximum Gasteiger partial charge on any atom is 0.333 e. The first-order valence-corrected chi connectivity index (χ1v) is 15.7. The number of hydrogen-bond acceptors (Lipinski definition) is 7. The van der Waals surface area contributed by atoms with Gasteiger partial charge in [-0.2, -0.15) is 4.98 Å². The molecule has 2 aromatic carbocycles. The molecule has 5 rings (SSSR count). The molecule has 2 aromatic heterocycles. The van der Waals surface area contributed by atoms with Crippen molar-refractivity contribution in [2.75, 3.05) is 20.4 Å². The van der Waals surface area contributed by atoms with E-state index in [-0.39, 0.29) is 12.8 Å². The number of rotatable bonds is 11. The molecule has 1 saturated heterocycles. The van der Waals surface area contributed by atoms with Gasteiger partial charge in [0.15, 0.2) is 13.1 Å². The third-order valence-corrected chi connectivity index (χ3v) is 10.4. The molecule has 0 radical (unpaired) electrons. The molecule has 0 atom stereocenters. The second-order valence-corrected chi connectivity index (χ2v) is 13.4. The average molecular weight is 595 g/mol. The van der Waals surface area contributed by atoms with E-state index in [0.29, 0.717) is 36.4 Å². The average Bonchev–Trinajstić information content (AvgIpc) is 3.52. The van der Waals surface area contributed by atoms with Crippen LogP contribution in [0.3, 0.4) is 0 Å². The highest BCUT2D eigenvalue weighted by Crippen LogP contribution is 2.65. The number of nitrogens with zero attached hydrogens (tertiary/aromatic N) is 2. The van der Waals surface area contributed by atoms with Gasteiger partial charge >= 0.3 is 6.03 Å². The van der Waals surface area contributed by atoms with Gasteiger partial charge in [-0.05, 0) is 36.5 Å². The van der Waals surface area contributed by atoms with E-state index in [9.17, 15) is 9.59 Å². The van der Waals surface area contributed by atoms with E-state index in [1.807, 2.05) is 54.0 Å². The van der Waals surface area contributed by atoms with Crippen LogP contribution in [0.4, 0.5) is 4.79 Å². The number of urea groups is 1. The van der Waals surface area contributed by atoms with Crippen molar-refractivity contribution >= 4 is 34.4 Å². The smallest absolute Gasteiger partial charge is 0.333 e. The van der Waals surface area contributed by atoms with E-state index < -0.39 is 10.8 Å². The molecule has 1 fully saturated rings. The van der Waals surface area contributed by atoms with Crippen LogP contribution in [0, 0.1) is 5.92 Å². The van der Waals surface area contributed by atoms with Gasteiger partial charge in [-0.3, -0.25) is 4.79 Å². The summed E-state index contributed by atoms with van der Waals surface area (Å²) in [5.74, 6) is 1.43. The number of methoxy groups -OCH3 is 1. The van der Waals surface area contributed by atoms with Crippen LogP contribution in [-0.2, 0) is 21.3 Å². The highest BCUT2D eigenvalue weighted by Gasteiger charge is 2.39. The Morgan fingerprint density at radius 3 is 2.46 bits per heavy atom. The van der Waals surface area contributed by atoms with Crippen LogP contribution >= 0.6 is 22.1 Å². The van der Waals surface area contributed by atoms with Crippen LogP contribution in [0.2, 0.25) is 0 Å². The summed E-state index contributed by atoms with van der Waals surface area (Å²) in [5, 5.41) is 2.77. The van der Waals surface area contributed by atoms with Gasteiger partial charge in [0.2, 0.25) is 5.88 Å². The predicted molar refractivity (Wildman–Crippen MR) is 162 cm³/mol. The quantitative estimate of drug-likeness (QED) is 0.190. The minimum atomic E-state index is -2.40. The Labute approximate surface area is 245 Å². The summed E-state index contributed by atoms with van der Waals surface area (Å²) >= 11 is 1.62. The molecule has 9 nitrogen and oxygen atoms in total. The van der Waals surface area contributed by atoms with Crippen LogP contribution in [0.5, 0.6) is 5.88 Å². The molecule has 0 spiro atoms. The third kappa shape index (κ3) is 6.03. The second kappa shape index (κ2) is 12.5. The molecule has 4 aromatic rings. The molecule has 0 aliphatic carbocycles. The first-order chi connectivity index (χ1) is 19.9. The lowest BCUT2D eigenvalue weighted by Gasteiger charge is -2.48. The van der Waals surface area contributed by atoms with Crippen LogP contribution in [-0.4, -0.2) is 42.3 Å². The third-order valence-electron chi connectivity index (χ3n) is 6.51. The monoisotopic (exact) mass is 594 g/mol. The largest absolute Gasteiger partial charge is 0.479 e. The van der Waals surface area contributed by atoms with Crippen LogP contribution in [0.1, 0.15) is 41.7 Å². The first-order valence-electron chi connectivity index (χ1n) is 13.4. The number of ether oxygens (including phenoxy) is 1. The predicted octanol–water partition coefficient (Wildman–Crippen LogP) is 6.58. The normalized spacial score (nSPS) is 14.8. The van der Waals surface area contributed by atoms with Crippen LogP contribution in [0.25, 0.3) is 22.5 Å². The van der Waals surface area contributed by atoms with Crippen molar-refractivity contribution < 1.29 is 22.7 Å². The molecule has 0 unspecified atom stereocenters. The first kappa shape index (κ1) is 28.9. The summed E-state index contributed by atoms with van der Waals surface area (Å²) in [4.78, 5) is 30.3. The number of nitrogens with one attached hydrogen (secondary N) is 2. The minimum Gasteiger partial charge on any atom is -0.479 e. The molecule has 2 N–H and O–H groups in total. The van der Waals surface area contributed by atoms with Crippen molar-refractivity contribution in [1.82, 2.24) is 19.6 Å². The summed E-state index contributed by atoms with van der Waals surface area (Å²) < 4.78 is 23.0. The Morgan fingerprint density at radius 2 is 1.88 bits per heavy atom. The zero-order valence-corrected chi connectivity index (χ0v) is 25.1. The molecule has 2 amide bonds. The highest BCUT2D eigenvalue weighted by molar-refractivity contribution is 8.26. The van der Waals surface area contributed by atoms with Crippen molar-refractivity contribution in [2.24, 2.45) is 5.92 Å². The van der Waals surface area contributed by atoms with Crippen molar-refractivity contribution in [2.45, 2.75) is 37.9 Å². The molecule has 3 heterocycles. The molecule has 216 valence electrons. The number of imidazole rings is 1. The highest BCUT2D eigenvalue weighted by atomic mass is 32.3. The lowest BCUT2D eigenvalue weighted by molar-refractivity contribution is 0.0436. The van der Waals surface area contributed by atoms with Crippen molar-refractivity contribution in [3.05, 3.63) is 76.8 Å². The molecular formula is C30H34N4O5S2.